The zero-order valence-corrected chi connectivity index (χ0v) is 16.8. The van der Waals surface area contributed by atoms with Crippen LogP contribution in [-0.4, -0.2) is 37.8 Å². The van der Waals surface area contributed by atoms with Crippen LogP contribution in [-0.2, 0) is 17.1 Å². The Kier molecular flexibility index (Phi) is 6.65. The van der Waals surface area contributed by atoms with Crippen LogP contribution in [0.4, 0.5) is 0 Å². The molecule has 0 aliphatic carbocycles. The van der Waals surface area contributed by atoms with Crippen LogP contribution in [0.3, 0.4) is 0 Å². The molecule has 2 heterocycles. The first-order valence-electron chi connectivity index (χ1n) is 9.03. The van der Waals surface area contributed by atoms with Gasteiger partial charge in [-0.2, -0.15) is 5.10 Å². The Hall–Kier alpha value is -2.87. The van der Waals surface area contributed by atoms with Gasteiger partial charge in [0.25, 0.3) is 5.56 Å². The molecule has 1 amide bonds. The highest BCUT2D eigenvalue weighted by Gasteiger charge is 2.08. The van der Waals surface area contributed by atoms with Crippen molar-refractivity contribution in [3.63, 3.8) is 0 Å². The van der Waals surface area contributed by atoms with Crippen LogP contribution in [0.5, 0.6) is 0 Å². The van der Waals surface area contributed by atoms with Crippen molar-refractivity contribution < 1.29 is 4.79 Å². The molecule has 0 atom stereocenters. The number of nitrogens with zero attached hydrogens (tertiary/aromatic N) is 4. The largest absolute Gasteiger partial charge is 0.354 e. The van der Waals surface area contributed by atoms with E-state index < -0.39 is 0 Å². The fourth-order valence-corrected chi connectivity index (χ4v) is 3.58. The van der Waals surface area contributed by atoms with E-state index in [1.807, 2.05) is 50.2 Å². The molecule has 0 spiro atoms. The number of aromatic nitrogens is 4. The third-order valence-corrected chi connectivity index (χ3v) is 5.07. The van der Waals surface area contributed by atoms with Gasteiger partial charge in [0.15, 0.2) is 5.82 Å². The lowest BCUT2D eigenvalue weighted by Crippen LogP contribution is -2.33. The molecule has 0 unspecified atom stereocenters. The van der Waals surface area contributed by atoms with Crippen molar-refractivity contribution in [3.05, 3.63) is 75.8 Å². The van der Waals surface area contributed by atoms with E-state index in [0.29, 0.717) is 24.7 Å². The fraction of sp³-hybridized carbons (Fsp3) is 0.300. The summed E-state index contributed by atoms with van der Waals surface area (Å²) >= 11 is 1.56. The molecule has 3 aromatic rings. The third-order valence-electron chi connectivity index (χ3n) is 4.07. The van der Waals surface area contributed by atoms with Crippen LogP contribution in [0.15, 0.2) is 53.3 Å². The number of hydrogen-bond donors (Lipinski definition) is 1. The van der Waals surface area contributed by atoms with Crippen LogP contribution in [0.25, 0.3) is 5.82 Å². The van der Waals surface area contributed by atoms with E-state index >= 15 is 0 Å². The monoisotopic (exact) mass is 397 g/mol. The van der Waals surface area contributed by atoms with Gasteiger partial charge in [-0.05, 0) is 31.5 Å². The molecule has 3 rings (SSSR count). The zero-order chi connectivity index (χ0) is 19.9. The third kappa shape index (κ3) is 5.32. The van der Waals surface area contributed by atoms with Gasteiger partial charge >= 0.3 is 0 Å². The Bertz CT molecular complexity index is 997. The van der Waals surface area contributed by atoms with Gasteiger partial charge in [-0.1, -0.05) is 30.3 Å². The second-order valence-corrected chi connectivity index (χ2v) is 7.41. The summed E-state index contributed by atoms with van der Waals surface area (Å²) in [5.74, 6) is 1.70. The Morgan fingerprint density at radius 1 is 1.11 bits per heavy atom. The lowest BCUT2D eigenvalue weighted by atomic mass is 10.2. The van der Waals surface area contributed by atoms with E-state index in [2.05, 4.69) is 15.5 Å². The first-order chi connectivity index (χ1) is 13.5. The molecule has 0 radical (unpaired) electrons. The summed E-state index contributed by atoms with van der Waals surface area (Å²) in [6.45, 7) is 4.49. The maximum atomic E-state index is 12.1. The smallest absolute Gasteiger partial charge is 0.266 e. The van der Waals surface area contributed by atoms with Crippen molar-refractivity contribution in [2.75, 3.05) is 12.3 Å². The molecule has 28 heavy (non-hydrogen) atoms. The number of amides is 1. The average Bonchev–Trinajstić information content (AvgIpc) is 3.02. The molecular weight excluding hydrogens is 374 g/mol. The van der Waals surface area contributed by atoms with Gasteiger partial charge < -0.3 is 5.32 Å². The topological polar surface area (TPSA) is 81.8 Å². The fourth-order valence-electron chi connectivity index (χ4n) is 2.76. The second-order valence-electron chi connectivity index (χ2n) is 6.42. The summed E-state index contributed by atoms with van der Waals surface area (Å²) in [4.78, 5) is 24.0. The SMILES string of the molecule is Cc1cc(C)n(-c2ccc(=O)n(CCNC(=O)CSCc3ccccc3)n2)n1. The Labute approximate surface area is 167 Å². The molecule has 7 nitrogen and oxygen atoms in total. The highest BCUT2D eigenvalue weighted by molar-refractivity contribution is 7.99. The first-order valence-corrected chi connectivity index (χ1v) is 10.2. The van der Waals surface area contributed by atoms with Crippen molar-refractivity contribution in [1.82, 2.24) is 24.9 Å². The van der Waals surface area contributed by atoms with Crippen LogP contribution in [0.2, 0.25) is 0 Å². The van der Waals surface area contributed by atoms with Gasteiger partial charge in [0.2, 0.25) is 5.91 Å². The number of hydrogen-bond acceptors (Lipinski definition) is 5. The highest BCUT2D eigenvalue weighted by atomic mass is 32.2. The predicted octanol–water partition coefficient (Wildman–Crippen LogP) is 2.10. The maximum Gasteiger partial charge on any atom is 0.266 e. The Morgan fingerprint density at radius 3 is 2.61 bits per heavy atom. The van der Waals surface area contributed by atoms with Gasteiger partial charge in [0, 0.05) is 24.1 Å². The predicted molar refractivity (Wildman–Crippen MR) is 111 cm³/mol. The van der Waals surface area contributed by atoms with Crippen molar-refractivity contribution in [2.45, 2.75) is 26.1 Å². The molecular formula is C20H23N5O2S. The number of thioether (sulfide) groups is 1. The normalized spacial score (nSPS) is 10.8. The quantitative estimate of drug-likeness (QED) is 0.629. The molecule has 2 aromatic heterocycles. The molecule has 1 N–H and O–H groups in total. The second kappa shape index (κ2) is 9.36. The molecule has 8 heteroatoms. The molecule has 0 bridgehead atoms. The molecule has 0 aliphatic heterocycles. The summed E-state index contributed by atoms with van der Waals surface area (Å²) in [7, 11) is 0. The minimum Gasteiger partial charge on any atom is -0.354 e. The van der Waals surface area contributed by atoms with E-state index in [-0.39, 0.29) is 11.5 Å². The van der Waals surface area contributed by atoms with E-state index in [0.717, 1.165) is 17.1 Å². The average molecular weight is 398 g/mol. The lowest BCUT2D eigenvalue weighted by molar-refractivity contribution is -0.118. The van der Waals surface area contributed by atoms with Gasteiger partial charge in [-0.25, -0.2) is 9.36 Å². The number of rotatable bonds is 8. The minimum atomic E-state index is -0.210. The summed E-state index contributed by atoms with van der Waals surface area (Å²) in [5, 5.41) is 11.6. The van der Waals surface area contributed by atoms with E-state index in [4.69, 9.17) is 0 Å². The standard InChI is InChI=1S/C20H23N5O2S/c1-15-12-16(2)25(22-15)18-8-9-20(27)24(23-18)11-10-21-19(26)14-28-13-17-6-4-3-5-7-17/h3-9,12H,10-11,13-14H2,1-2H3,(H,21,26). The molecule has 146 valence electrons. The van der Waals surface area contributed by atoms with Crippen LogP contribution < -0.4 is 10.9 Å². The molecule has 0 fully saturated rings. The molecule has 0 saturated carbocycles. The number of nitrogens with one attached hydrogen (secondary N) is 1. The summed E-state index contributed by atoms with van der Waals surface area (Å²) in [6, 6.07) is 15.1. The number of carbonyl (C=O) groups excluding carboxylic acids is 1. The van der Waals surface area contributed by atoms with Gasteiger partial charge in [-0.3, -0.25) is 9.59 Å². The van der Waals surface area contributed by atoms with Crippen LogP contribution in [0.1, 0.15) is 17.0 Å². The maximum absolute atomic E-state index is 12.1. The van der Waals surface area contributed by atoms with Gasteiger partial charge in [0.1, 0.15) is 0 Å². The summed E-state index contributed by atoms with van der Waals surface area (Å²) in [5.41, 5.74) is 2.81. The molecule has 0 saturated heterocycles. The summed E-state index contributed by atoms with van der Waals surface area (Å²) in [6.07, 6.45) is 0. The van der Waals surface area contributed by atoms with E-state index in [9.17, 15) is 9.59 Å². The Morgan fingerprint density at radius 2 is 1.89 bits per heavy atom. The zero-order valence-electron chi connectivity index (χ0n) is 16.0. The summed E-state index contributed by atoms with van der Waals surface area (Å²) < 4.78 is 3.05. The molecule has 1 aromatic carbocycles. The van der Waals surface area contributed by atoms with Gasteiger partial charge in [0.05, 0.1) is 18.0 Å². The first kappa shape index (κ1) is 19.9. The Balaban J connectivity index is 1.50. The number of carbonyl (C=O) groups is 1. The van der Waals surface area contributed by atoms with Gasteiger partial charge in [-0.15, -0.1) is 16.9 Å². The van der Waals surface area contributed by atoms with Crippen molar-refractivity contribution >= 4 is 17.7 Å². The van der Waals surface area contributed by atoms with Crippen molar-refractivity contribution in [2.24, 2.45) is 0 Å². The number of benzene rings is 1. The van der Waals surface area contributed by atoms with E-state index in [1.165, 1.54) is 16.3 Å². The van der Waals surface area contributed by atoms with Crippen LogP contribution >= 0.6 is 11.8 Å². The minimum absolute atomic E-state index is 0.0521. The van der Waals surface area contributed by atoms with Crippen molar-refractivity contribution in [3.8, 4) is 5.82 Å². The molecule has 0 aliphatic rings. The highest BCUT2D eigenvalue weighted by Crippen LogP contribution is 2.11. The lowest BCUT2D eigenvalue weighted by Gasteiger charge is -2.09. The number of aryl methyl sites for hydroxylation is 2. The van der Waals surface area contributed by atoms with E-state index in [1.54, 1.807) is 22.5 Å². The van der Waals surface area contributed by atoms with Crippen LogP contribution in [0, 0.1) is 13.8 Å². The van der Waals surface area contributed by atoms with Crippen molar-refractivity contribution in [1.29, 1.82) is 0 Å².